The van der Waals surface area contributed by atoms with Crippen LogP contribution in [0.3, 0.4) is 0 Å². The van der Waals surface area contributed by atoms with Crippen LogP contribution in [0.25, 0.3) is 11.3 Å². The van der Waals surface area contributed by atoms with Crippen LogP contribution in [0.4, 0.5) is 21.6 Å². The molecule has 5 rings (SSSR count). The molecule has 9 heteroatoms. The van der Waals surface area contributed by atoms with E-state index in [0.29, 0.717) is 28.2 Å². The number of benzene rings is 2. The highest BCUT2D eigenvalue weighted by molar-refractivity contribution is 6.08. The number of H-pyrrole nitrogens is 1. The van der Waals surface area contributed by atoms with Gasteiger partial charge in [0.2, 0.25) is 0 Å². The number of fused-ring (bicyclic) bond motifs is 1. The number of anilines is 3. The van der Waals surface area contributed by atoms with Gasteiger partial charge in [0, 0.05) is 23.0 Å². The van der Waals surface area contributed by atoms with Crippen LogP contribution in [0, 0.1) is 5.82 Å². The van der Waals surface area contributed by atoms with Gasteiger partial charge in [-0.05, 0) is 42.5 Å². The summed E-state index contributed by atoms with van der Waals surface area (Å²) in [5, 5.41) is 6.07. The maximum Gasteiger partial charge on any atom is 0.256 e. The normalized spacial score (nSPS) is 12.7. The number of pyridine rings is 1. The third-order valence-electron chi connectivity index (χ3n) is 5.58. The summed E-state index contributed by atoms with van der Waals surface area (Å²) in [7, 11) is 1.33. The Morgan fingerprint density at radius 1 is 1.11 bits per heavy atom. The Balaban J connectivity index is 1.49. The van der Waals surface area contributed by atoms with Crippen molar-refractivity contribution in [2.45, 2.75) is 6.61 Å². The SMILES string of the molecule is COc1cc(C(=O)Nc2cc(-c3[nH]c4c(c3Nc3ccccc3)C(=O)COC4)ccn2)ccc1F. The number of nitrogens with zero attached hydrogens (tertiary/aromatic N) is 1. The van der Waals surface area contributed by atoms with Gasteiger partial charge in [-0.1, -0.05) is 18.2 Å². The van der Waals surface area contributed by atoms with Crippen molar-refractivity contribution in [2.24, 2.45) is 0 Å². The van der Waals surface area contributed by atoms with Gasteiger partial charge in [0.1, 0.15) is 12.4 Å². The molecule has 3 heterocycles. The molecule has 1 aliphatic rings. The number of ether oxygens (including phenoxy) is 2. The number of para-hydroxylation sites is 1. The fourth-order valence-electron chi connectivity index (χ4n) is 3.94. The molecule has 0 fully saturated rings. The lowest BCUT2D eigenvalue weighted by molar-refractivity contribution is 0.0660. The molecule has 0 unspecified atom stereocenters. The first-order chi connectivity index (χ1) is 17.0. The van der Waals surface area contributed by atoms with E-state index in [9.17, 15) is 14.0 Å². The number of aromatic nitrogens is 2. The zero-order valence-corrected chi connectivity index (χ0v) is 18.7. The van der Waals surface area contributed by atoms with Gasteiger partial charge in [0.25, 0.3) is 5.91 Å². The number of carbonyl (C=O) groups is 2. The zero-order valence-electron chi connectivity index (χ0n) is 18.7. The highest BCUT2D eigenvalue weighted by Crippen LogP contribution is 2.38. The molecule has 4 aromatic rings. The fraction of sp³-hybridized carbons (Fsp3) is 0.115. The second-order valence-corrected chi connectivity index (χ2v) is 7.87. The minimum Gasteiger partial charge on any atom is -0.494 e. The number of carbonyl (C=O) groups excluding carboxylic acids is 2. The molecule has 0 atom stereocenters. The van der Waals surface area contributed by atoms with Crippen molar-refractivity contribution < 1.29 is 23.5 Å². The van der Waals surface area contributed by atoms with Gasteiger partial charge >= 0.3 is 0 Å². The molecule has 0 radical (unpaired) electrons. The number of methoxy groups -OCH3 is 1. The predicted molar refractivity (Wildman–Crippen MR) is 129 cm³/mol. The second kappa shape index (κ2) is 9.40. The van der Waals surface area contributed by atoms with Crippen molar-refractivity contribution in [3.8, 4) is 17.0 Å². The summed E-state index contributed by atoms with van der Waals surface area (Å²) in [6, 6.07) is 16.8. The van der Waals surface area contributed by atoms with Gasteiger partial charge in [-0.2, -0.15) is 0 Å². The average Bonchev–Trinajstić information content (AvgIpc) is 3.24. The van der Waals surface area contributed by atoms with Gasteiger partial charge in [-0.25, -0.2) is 9.37 Å². The highest BCUT2D eigenvalue weighted by Gasteiger charge is 2.27. The third kappa shape index (κ3) is 4.49. The number of hydrogen-bond donors (Lipinski definition) is 3. The number of nitrogens with one attached hydrogen (secondary N) is 3. The van der Waals surface area contributed by atoms with Gasteiger partial charge in [0.05, 0.1) is 36.4 Å². The standard InChI is InChI=1S/C26H21FN4O4/c1-34-21-11-16(7-8-18(21)27)26(33)31-22-12-15(9-10-28-22)24-25(29-17-5-3-2-4-6-17)23-19(30-24)13-35-14-20(23)32/h2-12,29-30H,13-14H2,1H3,(H,28,31,33). The van der Waals surface area contributed by atoms with Crippen LogP contribution < -0.4 is 15.4 Å². The van der Waals surface area contributed by atoms with E-state index in [1.54, 1.807) is 18.3 Å². The van der Waals surface area contributed by atoms with Gasteiger partial charge in [0.15, 0.2) is 17.3 Å². The molecule has 0 bridgehead atoms. The van der Waals surface area contributed by atoms with Crippen LogP contribution >= 0.6 is 0 Å². The molecule has 0 saturated carbocycles. The van der Waals surface area contributed by atoms with Crippen LogP contribution in [0.2, 0.25) is 0 Å². The van der Waals surface area contributed by atoms with E-state index in [1.807, 2.05) is 30.3 Å². The van der Waals surface area contributed by atoms with Crippen LogP contribution in [-0.2, 0) is 11.3 Å². The first kappa shape index (κ1) is 22.3. The monoisotopic (exact) mass is 472 g/mol. The molecular formula is C26H21FN4O4. The average molecular weight is 472 g/mol. The van der Waals surface area contributed by atoms with E-state index < -0.39 is 11.7 Å². The van der Waals surface area contributed by atoms with Crippen molar-refractivity contribution in [1.29, 1.82) is 0 Å². The van der Waals surface area contributed by atoms with Crippen LogP contribution in [0.1, 0.15) is 26.4 Å². The van der Waals surface area contributed by atoms with Gasteiger partial charge < -0.3 is 25.1 Å². The molecule has 1 aliphatic heterocycles. The number of ketones is 1. The summed E-state index contributed by atoms with van der Waals surface area (Å²) in [5.74, 6) is -0.890. The molecule has 0 aliphatic carbocycles. The fourth-order valence-corrected chi connectivity index (χ4v) is 3.94. The first-order valence-corrected chi connectivity index (χ1v) is 10.8. The van der Waals surface area contributed by atoms with E-state index in [2.05, 4.69) is 20.6 Å². The van der Waals surface area contributed by atoms with Crippen molar-refractivity contribution in [3.05, 3.63) is 89.5 Å². The largest absolute Gasteiger partial charge is 0.494 e. The minimum atomic E-state index is -0.558. The van der Waals surface area contributed by atoms with Crippen molar-refractivity contribution in [1.82, 2.24) is 9.97 Å². The Kier molecular flexibility index (Phi) is 5.99. The van der Waals surface area contributed by atoms with E-state index >= 15 is 0 Å². The Morgan fingerprint density at radius 3 is 2.74 bits per heavy atom. The van der Waals surface area contributed by atoms with E-state index in [-0.39, 0.29) is 36.1 Å². The minimum absolute atomic E-state index is 0.00650. The lowest BCUT2D eigenvalue weighted by atomic mass is 10.0. The molecule has 8 nitrogen and oxygen atoms in total. The Labute approximate surface area is 200 Å². The molecule has 35 heavy (non-hydrogen) atoms. The quantitative estimate of drug-likeness (QED) is 0.367. The molecule has 3 N–H and O–H groups in total. The van der Waals surface area contributed by atoms with E-state index in [1.165, 1.54) is 25.3 Å². The van der Waals surface area contributed by atoms with E-state index in [4.69, 9.17) is 9.47 Å². The smallest absolute Gasteiger partial charge is 0.256 e. The molecule has 2 aromatic carbocycles. The molecule has 176 valence electrons. The maximum atomic E-state index is 13.7. The van der Waals surface area contributed by atoms with Crippen molar-refractivity contribution in [2.75, 3.05) is 24.4 Å². The Hall–Kier alpha value is -4.50. The lowest BCUT2D eigenvalue weighted by Crippen LogP contribution is -2.18. The van der Waals surface area contributed by atoms with Gasteiger partial charge in [-0.15, -0.1) is 0 Å². The zero-order chi connectivity index (χ0) is 24.4. The molecule has 2 aromatic heterocycles. The number of halogens is 1. The number of hydrogen-bond acceptors (Lipinski definition) is 6. The van der Waals surface area contributed by atoms with Crippen LogP contribution in [0.15, 0.2) is 66.9 Å². The molecule has 0 spiro atoms. The van der Waals surface area contributed by atoms with Crippen molar-refractivity contribution in [3.63, 3.8) is 0 Å². The highest BCUT2D eigenvalue weighted by atomic mass is 19.1. The lowest BCUT2D eigenvalue weighted by Gasteiger charge is -2.14. The maximum absolute atomic E-state index is 13.7. The Bertz CT molecular complexity index is 1420. The summed E-state index contributed by atoms with van der Waals surface area (Å²) in [6.45, 7) is 0.290. The number of amides is 1. The number of aromatic amines is 1. The summed E-state index contributed by atoms with van der Waals surface area (Å²) < 4.78 is 24.1. The van der Waals surface area contributed by atoms with E-state index in [0.717, 1.165) is 5.69 Å². The number of Topliss-reactive ketones (excluding diaryl/α,β-unsaturated/α-hetero) is 1. The number of rotatable bonds is 6. The summed E-state index contributed by atoms with van der Waals surface area (Å²) in [6.07, 6.45) is 1.56. The summed E-state index contributed by atoms with van der Waals surface area (Å²) in [4.78, 5) is 33.0. The summed E-state index contributed by atoms with van der Waals surface area (Å²) in [5.41, 5.74) is 4.27. The molecule has 1 amide bonds. The first-order valence-electron chi connectivity index (χ1n) is 10.8. The second-order valence-electron chi connectivity index (χ2n) is 7.87. The van der Waals surface area contributed by atoms with Crippen LogP contribution in [0.5, 0.6) is 5.75 Å². The Morgan fingerprint density at radius 2 is 1.94 bits per heavy atom. The third-order valence-corrected chi connectivity index (χ3v) is 5.58. The molecule has 0 saturated heterocycles. The summed E-state index contributed by atoms with van der Waals surface area (Å²) >= 11 is 0. The molecular weight excluding hydrogens is 451 g/mol. The van der Waals surface area contributed by atoms with Crippen molar-refractivity contribution >= 4 is 28.9 Å². The van der Waals surface area contributed by atoms with Gasteiger partial charge in [-0.3, -0.25) is 9.59 Å². The van der Waals surface area contributed by atoms with Crippen LogP contribution in [-0.4, -0.2) is 35.4 Å². The predicted octanol–water partition coefficient (Wildman–Crippen LogP) is 4.93. The topological polar surface area (TPSA) is 105 Å².